The van der Waals surface area contributed by atoms with Gasteiger partial charge in [0.2, 0.25) is 0 Å². The maximum Gasteiger partial charge on any atom is 0.191 e. The molecule has 1 aromatic heterocycles. The summed E-state index contributed by atoms with van der Waals surface area (Å²) in [4.78, 5) is 0. The lowest BCUT2D eigenvalue weighted by atomic mass is 10.1. The second-order valence-corrected chi connectivity index (χ2v) is 5.78. The second kappa shape index (κ2) is 4.74. The first-order chi connectivity index (χ1) is 8.79. The van der Waals surface area contributed by atoms with Gasteiger partial charge >= 0.3 is 0 Å². The van der Waals surface area contributed by atoms with Gasteiger partial charge in [0.1, 0.15) is 5.82 Å². The molecule has 0 aliphatic heterocycles. The lowest BCUT2D eigenvalue weighted by molar-refractivity contribution is 0.734. The summed E-state index contributed by atoms with van der Waals surface area (Å²) in [5.74, 6) is 1.50. The molecule has 0 saturated heterocycles. The van der Waals surface area contributed by atoms with Crippen molar-refractivity contribution >= 4 is 11.8 Å². The fraction of sp³-hybridized carbons (Fsp3) is 0.385. The predicted octanol–water partition coefficient (Wildman–Crippen LogP) is 1.92. The molecule has 4 nitrogen and oxygen atoms in total. The third-order valence-corrected chi connectivity index (χ3v) is 4.71. The molecule has 1 aliphatic rings. The van der Waals surface area contributed by atoms with Gasteiger partial charge in [-0.3, -0.25) is 0 Å². The molecule has 5 heteroatoms. The Morgan fingerprint density at radius 1 is 1.33 bits per heavy atom. The van der Waals surface area contributed by atoms with Crippen LogP contribution in [0.1, 0.15) is 23.7 Å². The Bertz CT molecular complexity index is 537. The van der Waals surface area contributed by atoms with Gasteiger partial charge < -0.3 is 10.3 Å². The molecule has 0 bridgehead atoms. The first-order valence-electron chi connectivity index (χ1n) is 6.09. The summed E-state index contributed by atoms with van der Waals surface area (Å²) in [5, 5.41) is 9.87. The SMILES string of the molecule is Cn1c(CN)nnc1SC1CC1c1ccccc1. The van der Waals surface area contributed by atoms with Crippen LogP contribution in [0.5, 0.6) is 0 Å². The lowest BCUT2D eigenvalue weighted by Gasteiger charge is -2.02. The highest BCUT2D eigenvalue weighted by molar-refractivity contribution is 8.00. The molecule has 1 aromatic carbocycles. The van der Waals surface area contributed by atoms with Crippen molar-refractivity contribution in [1.82, 2.24) is 14.8 Å². The normalized spacial score (nSPS) is 22.1. The number of benzene rings is 1. The van der Waals surface area contributed by atoms with Gasteiger partial charge in [0.15, 0.2) is 5.16 Å². The van der Waals surface area contributed by atoms with Gasteiger partial charge in [0.25, 0.3) is 0 Å². The van der Waals surface area contributed by atoms with Crippen LogP contribution in [0, 0.1) is 0 Å². The van der Waals surface area contributed by atoms with E-state index < -0.39 is 0 Å². The average molecular weight is 260 g/mol. The number of rotatable bonds is 4. The zero-order valence-electron chi connectivity index (χ0n) is 10.3. The van der Waals surface area contributed by atoms with Crippen LogP contribution >= 0.6 is 11.8 Å². The fourth-order valence-electron chi connectivity index (χ4n) is 2.11. The van der Waals surface area contributed by atoms with E-state index in [4.69, 9.17) is 5.73 Å². The second-order valence-electron chi connectivity index (χ2n) is 4.57. The van der Waals surface area contributed by atoms with Gasteiger partial charge in [-0.2, -0.15) is 0 Å². The molecule has 2 unspecified atom stereocenters. The molecule has 0 radical (unpaired) electrons. The highest BCUT2D eigenvalue weighted by Crippen LogP contribution is 2.51. The molecular formula is C13H16N4S. The van der Waals surface area contributed by atoms with E-state index in [1.165, 1.54) is 12.0 Å². The van der Waals surface area contributed by atoms with Crippen molar-refractivity contribution in [2.75, 3.05) is 0 Å². The zero-order valence-corrected chi connectivity index (χ0v) is 11.1. The van der Waals surface area contributed by atoms with Crippen LogP contribution < -0.4 is 5.73 Å². The monoisotopic (exact) mass is 260 g/mol. The van der Waals surface area contributed by atoms with Crippen LogP contribution in [0.4, 0.5) is 0 Å². The van der Waals surface area contributed by atoms with Crippen LogP contribution in [-0.4, -0.2) is 20.0 Å². The fourth-order valence-corrected chi connectivity index (χ4v) is 3.36. The molecule has 3 rings (SSSR count). The predicted molar refractivity (Wildman–Crippen MR) is 72.3 cm³/mol. The molecule has 18 heavy (non-hydrogen) atoms. The Kier molecular flexibility index (Phi) is 3.09. The molecule has 1 fully saturated rings. The van der Waals surface area contributed by atoms with Gasteiger partial charge in [-0.1, -0.05) is 42.1 Å². The van der Waals surface area contributed by atoms with Crippen LogP contribution in [0.15, 0.2) is 35.5 Å². The summed E-state index contributed by atoms with van der Waals surface area (Å²) in [6.07, 6.45) is 1.22. The van der Waals surface area contributed by atoms with Crippen molar-refractivity contribution < 1.29 is 0 Å². The quantitative estimate of drug-likeness (QED) is 0.912. The molecule has 0 amide bonds. The van der Waals surface area contributed by atoms with Gasteiger partial charge in [0, 0.05) is 12.3 Å². The number of aromatic nitrogens is 3. The average Bonchev–Trinajstić information content (AvgIpc) is 3.09. The standard InChI is InChI=1S/C13H16N4S/c1-17-12(8-14)15-16-13(17)18-11-7-10(11)9-5-3-2-4-6-9/h2-6,10-11H,7-8,14H2,1H3. The van der Waals surface area contributed by atoms with Crippen LogP contribution in [-0.2, 0) is 13.6 Å². The van der Waals surface area contributed by atoms with Crippen molar-refractivity contribution in [3.05, 3.63) is 41.7 Å². The maximum atomic E-state index is 5.60. The van der Waals surface area contributed by atoms with Crippen molar-refractivity contribution in [2.45, 2.75) is 29.3 Å². The summed E-state index contributed by atoms with van der Waals surface area (Å²) in [6.45, 7) is 0.441. The Balaban J connectivity index is 1.67. The zero-order chi connectivity index (χ0) is 12.5. The Morgan fingerprint density at radius 2 is 2.11 bits per heavy atom. The molecule has 1 heterocycles. The highest BCUT2D eigenvalue weighted by atomic mass is 32.2. The van der Waals surface area contributed by atoms with Crippen molar-refractivity contribution in [2.24, 2.45) is 12.8 Å². The van der Waals surface area contributed by atoms with E-state index in [0.29, 0.717) is 17.7 Å². The van der Waals surface area contributed by atoms with E-state index in [9.17, 15) is 0 Å². The molecule has 94 valence electrons. The number of nitrogens with zero attached hydrogens (tertiary/aromatic N) is 3. The Labute approximate surface area is 111 Å². The van der Waals surface area contributed by atoms with Crippen LogP contribution in [0.3, 0.4) is 0 Å². The lowest BCUT2D eigenvalue weighted by Crippen LogP contribution is -2.05. The first-order valence-corrected chi connectivity index (χ1v) is 6.97. The smallest absolute Gasteiger partial charge is 0.191 e. The van der Waals surface area contributed by atoms with E-state index in [1.807, 2.05) is 23.4 Å². The summed E-state index contributed by atoms with van der Waals surface area (Å²) < 4.78 is 1.99. The minimum Gasteiger partial charge on any atom is -0.324 e. The maximum absolute atomic E-state index is 5.60. The van der Waals surface area contributed by atoms with Crippen LogP contribution in [0.2, 0.25) is 0 Å². The van der Waals surface area contributed by atoms with E-state index in [0.717, 1.165) is 11.0 Å². The molecule has 1 aliphatic carbocycles. The number of thioether (sulfide) groups is 1. The molecule has 2 N–H and O–H groups in total. The molecule has 0 spiro atoms. The van der Waals surface area contributed by atoms with Gasteiger partial charge in [-0.25, -0.2) is 0 Å². The van der Waals surface area contributed by atoms with Gasteiger partial charge in [0.05, 0.1) is 6.54 Å². The summed E-state index contributed by atoms with van der Waals surface area (Å²) in [5.41, 5.74) is 7.02. The number of nitrogens with two attached hydrogens (primary N) is 1. The third kappa shape index (κ3) is 2.15. The van der Waals surface area contributed by atoms with E-state index in [1.54, 1.807) is 0 Å². The number of hydrogen-bond donors (Lipinski definition) is 1. The minimum absolute atomic E-state index is 0.441. The van der Waals surface area contributed by atoms with E-state index in [2.05, 4.69) is 40.5 Å². The van der Waals surface area contributed by atoms with Crippen molar-refractivity contribution in [3.63, 3.8) is 0 Å². The molecule has 1 saturated carbocycles. The van der Waals surface area contributed by atoms with Crippen LogP contribution in [0.25, 0.3) is 0 Å². The van der Waals surface area contributed by atoms with E-state index in [-0.39, 0.29) is 0 Å². The van der Waals surface area contributed by atoms with Crippen molar-refractivity contribution in [1.29, 1.82) is 0 Å². The minimum atomic E-state index is 0.441. The summed E-state index contributed by atoms with van der Waals surface area (Å²) >= 11 is 1.81. The number of hydrogen-bond acceptors (Lipinski definition) is 4. The van der Waals surface area contributed by atoms with E-state index >= 15 is 0 Å². The molecule has 2 aromatic rings. The van der Waals surface area contributed by atoms with Gasteiger partial charge in [-0.05, 0) is 17.9 Å². The summed E-state index contributed by atoms with van der Waals surface area (Å²) in [7, 11) is 1.98. The third-order valence-electron chi connectivity index (χ3n) is 3.32. The molecule has 2 atom stereocenters. The largest absolute Gasteiger partial charge is 0.324 e. The van der Waals surface area contributed by atoms with Gasteiger partial charge in [-0.15, -0.1) is 10.2 Å². The summed E-state index contributed by atoms with van der Waals surface area (Å²) in [6, 6.07) is 10.7. The Hall–Kier alpha value is -1.33. The van der Waals surface area contributed by atoms with Crippen molar-refractivity contribution in [3.8, 4) is 0 Å². The molecular weight excluding hydrogens is 244 g/mol. The Morgan fingerprint density at radius 3 is 2.78 bits per heavy atom. The first kappa shape index (κ1) is 11.7. The highest BCUT2D eigenvalue weighted by Gasteiger charge is 2.40. The topological polar surface area (TPSA) is 56.7 Å².